The van der Waals surface area contributed by atoms with Crippen LogP contribution >= 0.6 is 0 Å². The van der Waals surface area contributed by atoms with E-state index in [4.69, 9.17) is 9.84 Å². The SMILES string of the molecule is CCC1COCCN1c1cccc(F)c1/C=C/C(=O)O. The number of carbonyl (C=O) groups is 1. The van der Waals surface area contributed by atoms with Gasteiger partial charge in [-0.3, -0.25) is 0 Å². The Bertz CT molecular complexity index is 516. The van der Waals surface area contributed by atoms with Crippen molar-refractivity contribution in [2.24, 2.45) is 0 Å². The van der Waals surface area contributed by atoms with Crippen molar-refractivity contribution in [1.82, 2.24) is 0 Å². The molecule has 4 nitrogen and oxygen atoms in total. The zero-order valence-corrected chi connectivity index (χ0v) is 11.4. The van der Waals surface area contributed by atoms with Gasteiger partial charge in [-0.15, -0.1) is 0 Å². The van der Waals surface area contributed by atoms with Gasteiger partial charge < -0.3 is 14.7 Å². The summed E-state index contributed by atoms with van der Waals surface area (Å²) in [6.07, 6.45) is 3.16. The molecule has 1 N–H and O–H groups in total. The van der Waals surface area contributed by atoms with E-state index in [-0.39, 0.29) is 6.04 Å². The molecule has 2 rings (SSSR count). The first-order valence-electron chi connectivity index (χ1n) is 6.67. The highest BCUT2D eigenvalue weighted by Gasteiger charge is 2.24. The van der Waals surface area contributed by atoms with E-state index in [2.05, 4.69) is 11.8 Å². The molecule has 1 aliphatic rings. The number of benzene rings is 1. The van der Waals surface area contributed by atoms with Gasteiger partial charge in [-0.05, 0) is 24.6 Å². The summed E-state index contributed by atoms with van der Waals surface area (Å²) in [7, 11) is 0. The van der Waals surface area contributed by atoms with Gasteiger partial charge in [-0.2, -0.15) is 0 Å². The highest BCUT2D eigenvalue weighted by atomic mass is 19.1. The molecule has 0 aliphatic carbocycles. The summed E-state index contributed by atoms with van der Waals surface area (Å²) < 4.78 is 19.4. The molecule has 0 radical (unpaired) electrons. The molecule has 108 valence electrons. The van der Waals surface area contributed by atoms with Crippen LogP contribution in [-0.4, -0.2) is 36.9 Å². The van der Waals surface area contributed by atoms with Gasteiger partial charge in [-0.1, -0.05) is 13.0 Å². The number of carboxylic acid groups (broad SMARTS) is 1. The van der Waals surface area contributed by atoms with E-state index in [1.807, 2.05) is 6.07 Å². The molecule has 20 heavy (non-hydrogen) atoms. The number of nitrogens with zero attached hydrogens (tertiary/aromatic N) is 1. The van der Waals surface area contributed by atoms with E-state index in [0.717, 1.165) is 18.2 Å². The fraction of sp³-hybridized carbons (Fsp3) is 0.400. The number of carboxylic acids is 1. The number of morpholine rings is 1. The number of aliphatic carboxylic acids is 1. The van der Waals surface area contributed by atoms with Crippen LogP contribution in [0.5, 0.6) is 0 Å². The lowest BCUT2D eigenvalue weighted by Gasteiger charge is -2.37. The fourth-order valence-corrected chi connectivity index (χ4v) is 2.41. The van der Waals surface area contributed by atoms with Crippen molar-refractivity contribution in [2.75, 3.05) is 24.7 Å². The highest BCUT2D eigenvalue weighted by molar-refractivity contribution is 5.87. The summed E-state index contributed by atoms with van der Waals surface area (Å²) in [5.41, 5.74) is 1.04. The van der Waals surface area contributed by atoms with Gasteiger partial charge in [-0.25, -0.2) is 9.18 Å². The zero-order chi connectivity index (χ0) is 14.5. The van der Waals surface area contributed by atoms with Crippen molar-refractivity contribution in [1.29, 1.82) is 0 Å². The first kappa shape index (κ1) is 14.5. The molecule has 1 aromatic rings. The normalized spacial score (nSPS) is 19.5. The summed E-state index contributed by atoms with van der Waals surface area (Å²) in [6, 6.07) is 4.98. The van der Waals surface area contributed by atoms with Crippen LogP contribution < -0.4 is 4.90 Å². The molecule has 0 amide bonds. The molecule has 1 aromatic carbocycles. The second-order valence-corrected chi connectivity index (χ2v) is 4.67. The van der Waals surface area contributed by atoms with Crippen LogP contribution in [0.4, 0.5) is 10.1 Å². The maximum absolute atomic E-state index is 14.0. The molecular formula is C15H18FNO3. The second kappa shape index (κ2) is 6.52. The molecule has 0 bridgehead atoms. The maximum atomic E-state index is 14.0. The number of hydrogen-bond acceptors (Lipinski definition) is 3. The van der Waals surface area contributed by atoms with Crippen LogP contribution in [0.15, 0.2) is 24.3 Å². The smallest absolute Gasteiger partial charge is 0.328 e. The Hall–Kier alpha value is -1.88. The average molecular weight is 279 g/mol. The van der Waals surface area contributed by atoms with E-state index >= 15 is 0 Å². The van der Waals surface area contributed by atoms with Gasteiger partial charge in [0, 0.05) is 23.9 Å². The number of rotatable bonds is 4. The largest absolute Gasteiger partial charge is 0.478 e. The summed E-state index contributed by atoms with van der Waals surface area (Å²) in [5, 5.41) is 8.72. The lowest BCUT2D eigenvalue weighted by Crippen LogP contribution is -2.45. The number of ether oxygens (including phenoxy) is 1. The Balaban J connectivity index is 2.39. The first-order chi connectivity index (χ1) is 9.63. The van der Waals surface area contributed by atoms with Crippen LogP contribution in [0.1, 0.15) is 18.9 Å². The Kier molecular flexibility index (Phi) is 4.74. The summed E-state index contributed by atoms with van der Waals surface area (Å²) in [6.45, 7) is 3.93. The molecule has 0 aromatic heterocycles. The monoisotopic (exact) mass is 279 g/mol. The molecule has 1 heterocycles. The van der Waals surface area contributed by atoms with Gasteiger partial charge in [0.15, 0.2) is 0 Å². The van der Waals surface area contributed by atoms with E-state index < -0.39 is 11.8 Å². The number of anilines is 1. The molecule has 1 fully saturated rings. The molecule has 1 saturated heterocycles. The molecule has 1 aliphatic heterocycles. The molecule has 1 atom stereocenters. The van der Waals surface area contributed by atoms with Crippen molar-refractivity contribution >= 4 is 17.7 Å². The Morgan fingerprint density at radius 3 is 3.10 bits per heavy atom. The van der Waals surface area contributed by atoms with Crippen LogP contribution in [-0.2, 0) is 9.53 Å². The number of hydrogen-bond donors (Lipinski definition) is 1. The maximum Gasteiger partial charge on any atom is 0.328 e. The first-order valence-corrected chi connectivity index (χ1v) is 6.67. The van der Waals surface area contributed by atoms with E-state index in [0.29, 0.717) is 25.3 Å². The van der Waals surface area contributed by atoms with Gasteiger partial charge in [0.05, 0.1) is 19.3 Å². The quantitative estimate of drug-likeness (QED) is 0.860. The molecule has 1 unspecified atom stereocenters. The lowest BCUT2D eigenvalue weighted by molar-refractivity contribution is -0.131. The van der Waals surface area contributed by atoms with Crippen LogP contribution in [0.25, 0.3) is 6.08 Å². The van der Waals surface area contributed by atoms with Crippen molar-refractivity contribution < 1.29 is 19.0 Å². The van der Waals surface area contributed by atoms with Crippen LogP contribution in [0.2, 0.25) is 0 Å². The van der Waals surface area contributed by atoms with Crippen molar-refractivity contribution in [3.63, 3.8) is 0 Å². The minimum Gasteiger partial charge on any atom is -0.478 e. The van der Waals surface area contributed by atoms with E-state index in [1.165, 1.54) is 12.1 Å². The van der Waals surface area contributed by atoms with Gasteiger partial charge in [0.1, 0.15) is 5.82 Å². The minimum atomic E-state index is -1.09. The van der Waals surface area contributed by atoms with Crippen molar-refractivity contribution in [2.45, 2.75) is 19.4 Å². The van der Waals surface area contributed by atoms with E-state index in [1.54, 1.807) is 6.07 Å². The van der Waals surface area contributed by atoms with Crippen LogP contribution in [0.3, 0.4) is 0 Å². The van der Waals surface area contributed by atoms with Gasteiger partial charge >= 0.3 is 5.97 Å². The molecule has 0 saturated carbocycles. The number of halogens is 1. The Morgan fingerprint density at radius 1 is 1.60 bits per heavy atom. The predicted molar refractivity (Wildman–Crippen MR) is 75.3 cm³/mol. The third-order valence-corrected chi connectivity index (χ3v) is 3.43. The zero-order valence-electron chi connectivity index (χ0n) is 11.4. The summed E-state index contributed by atoms with van der Waals surface area (Å²) >= 11 is 0. The van der Waals surface area contributed by atoms with Crippen molar-refractivity contribution in [3.8, 4) is 0 Å². The molecule has 0 spiro atoms. The Labute approximate surface area is 117 Å². The summed E-state index contributed by atoms with van der Waals surface area (Å²) in [5.74, 6) is -1.51. The minimum absolute atomic E-state index is 0.183. The topological polar surface area (TPSA) is 49.8 Å². The lowest BCUT2D eigenvalue weighted by atomic mass is 10.1. The van der Waals surface area contributed by atoms with Gasteiger partial charge in [0.25, 0.3) is 0 Å². The Morgan fingerprint density at radius 2 is 2.40 bits per heavy atom. The molecular weight excluding hydrogens is 261 g/mol. The van der Waals surface area contributed by atoms with E-state index in [9.17, 15) is 9.18 Å². The molecule has 5 heteroatoms. The summed E-state index contributed by atoms with van der Waals surface area (Å²) in [4.78, 5) is 12.7. The highest BCUT2D eigenvalue weighted by Crippen LogP contribution is 2.28. The third-order valence-electron chi connectivity index (χ3n) is 3.43. The van der Waals surface area contributed by atoms with Gasteiger partial charge in [0.2, 0.25) is 0 Å². The third kappa shape index (κ3) is 3.17. The second-order valence-electron chi connectivity index (χ2n) is 4.67. The standard InChI is InChI=1S/C15H18FNO3/c1-2-11-10-20-9-8-17(11)14-5-3-4-13(16)12(14)6-7-15(18)19/h3-7,11H,2,8-10H2,1H3,(H,18,19)/b7-6+. The van der Waals surface area contributed by atoms with Crippen LogP contribution in [0, 0.1) is 5.82 Å². The van der Waals surface area contributed by atoms with Crippen molar-refractivity contribution in [3.05, 3.63) is 35.7 Å². The fourth-order valence-electron chi connectivity index (χ4n) is 2.41. The predicted octanol–water partition coefficient (Wildman–Crippen LogP) is 2.54. The average Bonchev–Trinajstić information content (AvgIpc) is 2.45.